The Bertz CT molecular complexity index is 1120. The van der Waals surface area contributed by atoms with Crippen molar-refractivity contribution < 1.29 is 9.59 Å². The number of rotatable bonds is 5. The van der Waals surface area contributed by atoms with Gasteiger partial charge in [-0.05, 0) is 61.6 Å². The van der Waals surface area contributed by atoms with Crippen LogP contribution < -0.4 is 5.32 Å². The Morgan fingerprint density at radius 2 is 1.87 bits per heavy atom. The van der Waals surface area contributed by atoms with E-state index in [4.69, 9.17) is 11.6 Å². The summed E-state index contributed by atoms with van der Waals surface area (Å²) in [4.78, 5) is 30.5. The summed E-state index contributed by atoms with van der Waals surface area (Å²) < 4.78 is 2.06. The monoisotopic (exact) mass is 455 g/mol. The normalized spacial score (nSPS) is 18.0. The van der Waals surface area contributed by atoms with Crippen LogP contribution in [0.3, 0.4) is 0 Å². The Kier molecular flexibility index (Phi) is 5.91. The van der Waals surface area contributed by atoms with Crippen LogP contribution >= 0.6 is 24.0 Å². The summed E-state index contributed by atoms with van der Waals surface area (Å²) in [7, 11) is 0. The number of fused-ring (bicyclic) bond motifs is 3. The number of carbonyl (C=O) groups excluding carboxylic acids is 2. The number of nitrogens with zero attached hydrogens (tertiary/aromatic N) is 2. The van der Waals surface area contributed by atoms with Crippen molar-refractivity contribution in [2.45, 2.75) is 38.1 Å². The van der Waals surface area contributed by atoms with Crippen LogP contribution in [0.15, 0.2) is 60.9 Å². The van der Waals surface area contributed by atoms with Gasteiger partial charge in [-0.1, -0.05) is 29.8 Å². The molecule has 0 radical (unpaired) electrons. The molecule has 1 unspecified atom stereocenters. The lowest BCUT2D eigenvalue weighted by molar-refractivity contribution is -0.127. The van der Waals surface area contributed by atoms with Crippen molar-refractivity contribution in [3.8, 4) is 5.69 Å². The third-order valence-corrected chi connectivity index (χ3v) is 6.49. The molecular formula is C24H23Cl2N3O2. The number of para-hydroxylation sites is 1. The zero-order valence-electron chi connectivity index (χ0n) is 16.9. The van der Waals surface area contributed by atoms with Gasteiger partial charge in [0.2, 0.25) is 5.91 Å². The van der Waals surface area contributed by atoms with Gasteiger partial charge in [-0.25, -0.2) is 4.98 Å². The van der Waals surface area contributed by atoms with Crippen LogP contribution in [0.1, 0.15) is 53.5 Å². The minimum atomic E-state index is -0.604. The number of hydrogen-bond donors (Lipinski definition) is 1. The maximum Gasteiger partial charge on any atom is 0.227 e. The van der Waals surface area contributed by atoms with Crippen LogP contribution in [0, 0.1) is 5.41 Å². The largest absolute Gasteiger partial charge is 0.346 e. The molecule has 2 aromatic carbocycles. The molecule has 1 aromatic heterocycles. The van der Waals surface area contributed by atoms with Crippen LogP contribution in [0.2, 0.25) is 5.02 Å². The Balaban J connectivity index is 0.00000231. The van der Waals surface area contributed by atoms with Crippen LogP contribution in [0.4, 0.5) is 0 Å². The molecule has 1 aliphatic carbocycles. The van der Waals surface area contributed by atoms with Gasteiger partial charge in [0.1, 0.15) is 5.82 Å². The molecule has 1 saturated carbocycles. The molecule has 160 valence electrons. The van der Waals surface area contributed by atoms with E-state index >= 15 is 0 Å². The van der Waals surface area contributed by atoms with E-state index in [0.717, 1.165) is 37.2 Å². The molecule has 2 aliphatic rings. The summed E-state index contributed by atoms with van der Waals surface area (Å²) in [5, 5.41) is 3.80. The predicted molar refractivity (Wildman–Crippen MR) is 122 cm³/mol. The SMILES string of the molecule is Cl.O=C(CC1(C(=O)NC2CCc3ccccc3-n3ccnc32)CC1)c1ccc(Cl)cc1. The van der Waals surface area contributed by atoms with Crippen LogP contribution in [-0.2, 0) is 11.2 Å². The van der Waals surface area contributed by atoms with Gasteiger partial charge in [0.25, 0.3) is 0 Å². The van der Waals surface area contributed by atoms with Crippen LogP contribution in [0.25, 0.3) is 5.69 Å². The van der Waals surface area contributed by atoms with Crippen molar-refractivity contribution in [2.24, 2.45) is 5.41 Å². The van der Waals surface area contributed by atoms with Crippen molar-refractivity contribution >= 4 is 35.7 Å². The lowest BCUT2D eigenvalue weighted by Crippen LogP contribution is -2.37. The van der Waals surface area contributed by atoms with Gasteiger partial charge in [0.15, 0.2) is 5.78 Å². The van der Waals surface area contributed by atoms with Crippen LogP contribution in [-0.4, -0.2) is 21.2 Å². The molecule has 0 spiro atoms. The molecule has 5 nitrogen and oxygen atoms in total. The van der Waals surface area contributed by atoms with Crippen molar-refractivity contribution in [3.05, 3.63) is 82.9 Å². The van der Waals surface area contributed by atoms with Crippen molar-refractivity contribution in [2.75, 3.05) is 0 Å². The maximum atomic E-state index is 13.2. The van der Waals surface area contributed by atoms with Gasteiger partial charge in [-0.15, -0.1) is 12.4 Å². The second-order valence-electron chi connectivity index (χ2n) is 8.24. The first-order valence-electron chi connectivity index (χ1n) is 10.3. The number of nitrogens with one attached hydrogen (secondary N) is 1. The molecule has 0 bridgehead atoms. The van der Waals surface area contributed by atoms with Crippen molar-refractivity contribution in [1.82, 2.24) is 14.9 Å². The summed E-state index contributed by atoms with van der Waals surface area (Å²) in [5.41, 5.74) is 2.35. The van der Waals surface area contributed by atoms with Gasteiger partial charge in [0.05, 0.1) is 11.5 Å². The molecular weight excluding hydrogens is 433 g/mol. The number of aromatic nitrogens is 2. The Labute approximate surface area is 192 Å². The number of benzene rings is 2. The van der Waals surface area contributed by atoms with E-state index < -0.39 is 5.41 Å². The number of aryl methyl sites for hydroxylation is 1. The van der Waals surface area contributed by atoms with Gasteiger partial charge in [0, 0.05) is 35.1 Å². The first-order chi connectivity index (χ1) is 14.6. The lowest BCUT2D eigenvalue weighted by Gasteiger charge is -2.21. The van der Waals surface area contributed by atoms with E-state index in [2.05, 4.69) is 27.0 Å². The standard InChI is InChI=1S/C24H22ClN3O2.ClH/c25-18-8-5-17(6-9-18)21(29)15-24(11-12-24)23(30)27-19-10-7-16-3-1-2-4-20(16)28-14-13-26-22(19)28;/h1-6,8-9,13-14,19H,7,10-12,15H2,(H,27,30);1H. The molecule has 1 atom stereocenters. The van der Waals surface area contributed by atoms with Gasteiger partial charge < -0.3 is 9.88 Å². The van der Waals surface area contributed by atoms with E-state index in [1.807, 2.05) is 18.3 Å². The first kappa shape index (κ1) is 21.6. The number of Topliss-reactive ketones (excluding diaryl/α,β-unsaturated/α-hetero) is 1. The number of carbonyl (C=O) groups is 2. The third kappa shape index (κ3) is 4.12. The van der Waals surface area contributed by atoms with Gasteiger partial charge >= 0.3 is 0 Å². The molecule has 1 amide bonds. The second-order valence-corrected chi connectivity index (χ2v) is 8.67. The fourth-order valence-corrected chi connectivity index (χ4v) is 4.42. The summed E-state index contributed by atoms with van der Waals surface area (Å²) in [5.74, 6) is 0.775. The molecule has 3 aromatic rings. The first-order valence-corrected chi connectivity index (χ1v) is 10.6. The summed E-state index contributed by atoms with van der Waals surface area (Å²) in [6.45, 7) is 0. The number of halogens is 2. The number of hydrogen-bond acceptors (Lipinski definition) is 3. The molecule has 7 heteroatoms. The lowest BCUT2D eigenvalue weighted by atomic mass is 9.94. The fourth-order valence-electron chi connectivity index (χ4n) is 4.29. The maximum absolute atomic E-state index is 13.2. The molecule has 5 rings (SSSR count). The zero-order valence-corrected chi connectivity index (χ0v) is 18.5. The topological polar surface area (TPSA) is 64.0 Å². The molecule has 31 heavy (non-hydrogen) atoms. The van der Waals surface area contributed by atoms with Gasteiger partial charge in [-0.3, -0.25) is 9.59 Å². The Morgan fingerprint density at radius 1 is 1.13 bits per heavy atom. The Morgan fingerprint density at radius 3 is 2.61 bits per heavy atom. The minimum absolute atomic E-state index is 0. The molecule has 1 fully saturated rings. The van der Waals surface area contributed by atoms with Crippen molar-refractivity contribution in [3.63, 3.8) is 0 Å². The summed E-state index contributed by atoms with van der Waals surface area (Å²) in [6, 6.07) is 14.9. The fraction of sp³-hybridized carbons (Fsp3) is 0.292. The van der Waals surface area contributed by atoms with E-state index in [1.165, 1.54) is 5.56 Å². The summed E-state index contributed by atoms with van der Waals surface area (Å²) >= 11 is 5.92. The van der Waals surface area contributed by atoms with Crippen LogP contribution in [0.5, 0.6) is 0 Å². The average molecular weight is 456 g/mol. The average Bonchev–Trinajstić information content (AvgIpc) is 3.41. The second kappa shape index (κ2) is 8.48. The highest BCUT2D eigenvalue weighted by Crippen LogP contribution is 2.50. The van der Waals surface area contributed by atoms with E-state index in [-0.39, 0.29) is 36.6 Å². The van der Waals surface area contributed by atoms with E-state index in [0.29, 0.717) is 10.6 Å². The zero-order chi connectivity index (χ0) is 20.7. The smallest absolute Gasteiger partial charge is 0.227 e. The summed E-state index contributed by atoms with van der Waals surface area (Å²) in [6.07, 6.45) is 7.05. The number of amides is 1. The quantitative estimate of drug-likeness (QED) is 0.543. The highest BCUT2D eigenvalue weighted by molar-refractivity contribution is 6.30. The number of ketones is 1. The Hall–Kier alpha value is -2.63. The minimum Gasteiger partial charge on any atom is -0.346 e. The molecule has 0 saturated heterocycles. The predicted octanol–water partition coefficient (Wildman–Crippen LogP) is 5.10. The number of imidazole rings is 1. The van der Waals surface area contributed by atoms with E-state index in [9.17, 15) is 9.59 Å². The molecule has 1 N–H and O–H groups in total. The highest BCUT2D eigenvalue weighted by Gasteiger charge is 2.51. The molecule has 1 aliphatic heterocycles. The van der Waals surface area contributed by atoms with E-state index in [1.54, 1.807) is 30.5 Å². The third-order valence-electron chi connectivity index (χ3n) is 6.24. The highest BCUT2D eigenvalue weighted by atomic mass is 35.5. The van der Waals surface area contributed by atoms with Crippen molar-refractivity contribution in [1.29, 1.82) is 0 Å². The van der Waals surface area contributed by atoms with Gasteiger partial charge in [-0.2, -0.15) is 0 Å². The molecule has 2 heterocycles.